The summed E-state index contributed by atoms with van der Waals surface area (Å²) in [5, 5.41) is 23.3. The molecule has 2 aliphatic carbocycles. The Morgan fingerprint density at radius 3 is 2.43 bits per heavy atom. The Morgan fingerprint density at radius 1 is 1.03 bits per heavy atom. The first-order valence-electron chi connectivity index (χ1n) is 12.4. The van der Waals surface area contributed by atoms with Crippen molar-refractivity contribution in [2.24, 2.45) is 41.1 Å². The van der Waals surface area contributed by atoms with E-state index in [0.29, 0.717) is 36.0 Å². The number of ether oxygens (including phenoxy) is 1. The second kappa shape index (κ2) is 8.60. The second-order valence-corrected chi connectivity index (χ2v) is 11.8. The smallest absolute Gasteiger partial charge is 0.0735 e. The quantitative estimate of drug-likeness (QED) is 0.447. The fourth-order valence-corrected chi connectivity index (χ4v) is 8.02. The van der Waals surface area contributed by atoms with E-state index in [2.05, 4.69) is 19.2 Å². The zero-order valence-corrected chi connectivity index (χ0v) is 19.1. The number of hydrogen-bond donors (Lipinski definition) is 5. The monoisotopic (exact) mass is 423 g/mol. The van der Waals surface area contributed by atoms with E-state index in [9.17, 15) is 10.2 Å². The van der Waals surface area contributed by atoms with E-state index in [1.54, 1.807) is 0 Å². The molecule has 0 aromatic rings. The van der Waals surface area contributed by atoms with Gasteiger partial charge in [-0.3, -0.25) is 0 Å². The van der Waals surface area contributed by atoms with Crippen molar-refractivity contribution in [2.45, 2.75) is 101 Å². The van der Waals surface area contributed by atoms with E-state index in [1.807, 2.05) is 0 Å². The summed E-state index contributed by atoms with van der Waals surface area (Å²) in [6, 6.07) is 0. The third-order valence-corrected chi connectivity index (χ3v) is 9.19. The highest BCUT2D eigenvalue weighted by Gasteiger charge is 2.63. The Kier molecular flexibility index (Phi) is 6.58. The first-order chi connectivity index (χ1) is 14.2. The number of nitrogens with two attached hydrogens (primary N) is 2. The normalized spacial score (nSPS) is 48.6. The molecule has 3 saturated heterocycles. The Morgan fingerprint density at radius 2 is 1.80 bits per heavy atom. The zero-order chi connectivity index (χ0) is 21.6. The summed E-state index contributed by atoms with van der Waals surface area (Å²) in [4.78, 5) is 0. The van der Waals surface area contributed by atoms with Gasteiger partial charge in [-0.05, 0) is 108 Å². The molecule has 0 radical (unpaired) electrons. The van der Waals surface area contributed by atoms with Crippen molar-refractivity contribution >= 4 is 0 Å². The van der Waals surface area contributed by atoms with Gasteiger partial charge in [0.15, 0.2) is 0 Å². The van der Waals surface area contributed by atoms with Crippen LogP contribution < -0.4 is 16.8 Å². The maximum atomic E-state index is 10.1. The summed E-state index contributed by atoms with van der Waals surface area (Å²) in [6.07, 6.45) is 10.6. The molecule has 2 saturated carbocycles. The fraction of sp³-hybridized carbons (Fsp3) is 1.00. The summed E-state index contributed by atoms with van der Waals surface area (Å²) < 4.78 is 6.91. The Labute approximate surface area is 182 Å². The van der Waals surface area contributed by atoms with Gasteiger partial charge in [-0.1, -0.05) is 0 Å². The number of aliphatic hydroxyl groups excluding tert-OH is 2. The average molecular weight is 424 g/mol. The van der Waals surface area contributed by atoms with E-state index in [0.717, 1.165) is 45.1 Å². The van der Waals surface area contributed by atoms with E-state index >= 15 is 0 Å². The molecule has 6 nitrogen and oxygen atoms in total. The Balaban J connectivity index is 1.52. The standard InChI is InChI=1S/C24H45N3O3/c1-22(2)20-5-6-24(30-22,15-23(20,26)7-8-28)19-11-17(10-18(12-19)14-29)9-16-3-4-21(25)27-13-16/h16-21,27-29H,3-15,25-26H2,1-2H3. The predicted molar refractivity (Wildman–Crippen MR) is 119 cm³/mol. The minimum Gasteiger partial charge on any atom is -0.396 e. The summed E-state index contributed by atoms with van der Waals surface area (Å²) >= 11 is 0. The molecular weight excluding hydrogens is 378 g/mol. The molecule has 2 bridgehead atoms. The Bertz CT molecular complexity index is 594. The van der Waals surface area contributed by atoms with Gasteiger partial charge in [0.05, 0.1) is 17.4 Å². The second-order valence-electron chi connectivity index (χ2n) is 11.8. The van der Waals surface area contributed by atoms with Gasteiger partial charge in [-0.2, -0.15) is 0 Å². The lowest BCUT2D eigenvalue weighted by Gasteiger charge is -2.65. The summed E-state index contributed by atoms with van der Waals surface area (Å²) in [6.45, 7) is 5.83. The number of rotatable bonds is 6. The van der Waals surface area contributed by atoms with Crippen LogP contribution >= 0.6 is 0 Å². The highest BCUT2D eigenvalue weighted by atomic mass is 16.5. The van der Waals surface area contributed by atoms with Crippen LogP contribution in [0.1, 0.15) is 78.1 Å². The Hall–Kier alpha value is -0.240. The minimum atomic E-state index is -0.347. The molecule has 5 fully saturated rings. The number of fused-ring (bicyclic) bond motifs is 3. The van der Waals surface area contributed by atoms with E-state index < -0.39 is 0 Å². The van der Waals surface area contributed by atoms with Crippen LogP contribution in [0.5, 0.6) is 0 Å². The van der Waals surface area contributed by atoms with E-state index in [1.165, 1.54) is 19.3 Å². The lowest BCUT2D eigenvalue weighted by Crippen LogP contribution is -2.72. The topological polar surface area (TPSA) is 114 Å². The van der Waals surface area contributed by atoms with Crippen LogP contribution in [0.3, 0.4) is 0 Å². The maximum Gasteiger partial charge on any atom is 0.0735 e. The van der Waals surface area contributed by atoms with E-state index in [4.69, 9.17) is 16.2 Å². The maximum absolute atomic E-state index is 10.1. The molecule has 6 heteroatoms. The fourth-order valence-electron chi connectivity index (χ4n) is 8.02. The van der Waals surface area contributed by atoms with Crippen LogP contribution in [0.4, 0.5) is 0 Å². The molecule has 0 spiro atoms. The van der Waals surface area contributed by atoms with Crippen LogP contribution in [0.15, 0.2) is 0 Å². The molecule has 3 aliphatic heterocycles. The van der Waals surface area contributed by atoms with Crippen LogP contribution in [0.25, 0.3) is 0 Å². The van der Waals surface area contributed by atoms with Gasteiger partial charge in [-0.25, -0.2) is 0 Å². The predicted octanol–water partition coefficient (Wildman–Crippen LogP) is 2.11. The lowest BCUT2D eigenvalue weighted by molar-refractivity contribution is -0.289. The SMILES string of the molecule is CC1(C)OC2(C3CC(CO)CC(CC4CCC(N)NC4)C3)CCC1C(N)(CCO)C2. The third-order valence-electron chi connectivity index (χ3n) is 9.19. The minimum absolute atomic E-state index is 0.141. The zero-order valence-electron chi connectivity index (χ0n) is 19.1. The summed E-state index contributed by atoms with van der Waals surface area (Å²) in [5.74, 6) is 2.41. The van der Waals surface area contributed by atoms with Crippen molar-refractivity contribution in [3.05, 3.63) is 0 Å². The number of hydrogen-bond acceptors (Lipinski definition) is 6. The lowest BCUT2D eigenvalue weighted by atomic mass is 9.52. The molecule has 5 rings (SSSR count). The van der Waals surface area contributed by atoms with Crippen LogP contribution in [0.2, 0.25) is 0 Å². The van der Waals surface area contributed by atoms with Gasteiger partial charge in [-0.15, -0.1) is 0 Å². The van der Waals surface area contributed by atoms with Gasteiger partial charge in [0.2, 0.25) is 0 Å². The van der Waals surface area contributed by atoms with Gasteiger partial charge in [0.1, 0.15) is 0 Å². The first kappa shape index (κ1) is 22.9. The van der Waals surface area contributed by atoms with Crippen LogP contribution in [-0.2, 0) is 4.74 Å². The van der Waals surface area contributed by atoms with Gasteiger partial charge in [0, 0.05) is 24.7 Å². The van der Waals surface area contributed by atoms with Crippen molar-refractivity contribution in [3.63, 3.8) is 0 Å². The molecule has 0 aromatic carbocycles. The first-order valence-corrected chi connectivity index (χ1v) is 12.4. The molecule has 7 N–H and O–H groups in total. The number of piperidine rings is 1. The van der Waals surface area contributed by atoms with Crippen molar-refractivity contribution in [2.75, 3.05) is 19.8 Å². The van der Waals surface area contributed by atoms with Crippen molar-refractivity contribution in [3.8, 4) is 0 Å². The van der Waals surface area contributed by atoms with Gasteiger partial charge < -0.3 is 31.7 Å². The number of aliphatic hydroxyl groups is 2. The van der Waals surface area contributed by atoms with Crippen molar-refractivity contribution < 1.29 is 14.9 Å². The van der Waals surface area contributed by atoms with Crippen molar-refractivity contribution in [1.82, 2.24) is 5.32 Å². The molecule has 3 heterocycles. The summed E-state index contributed by atoms with van der Waals surface area (Å²) in [5.41, 5.74) is 12.2. The molecule has 5 aliphatic rings. The largest absolute Gasteiger partial charge is 0.396 e. The molecule has 8 unspecified atom stereocenters. The van der Waals surface area contributed by atoms with Crippen molar-refractivity contribution in [1.29, 1.82) is 0 Å². The third kappa shape index (κ3) is 4.33. The highest BCUT2D eigenvalue weighted by Crippen LogP contribution is 2.60. The van der Waals surface area contributed by atoms with Crippen LogP contribution in [0, 0.1) is 29.6 Å². The van der Waals surface area contributed by atoms with Gasteiger partial charge >= 0.3 is 0 Å². The average Bonchev–Trinajstić information content (AvgIpc) is 2.68. The molecule has 30 heavy (non-hydrogen) atoms. The summed E-state index contributed by atoms with van der Waals surface area (Å²) in [7, 11) is 0. The number of nitrogens with one attached hydrogen (secondary N) is 1. The molecule has 174 valence electrons. The van der Waals surface area contributed by atoms with Crippen LogP contribution in [-0.4, -0.2) is 52.9 Å². The van der Waals surface area contributed by atoms with E-state index in [-0.39, 0.29) is 36.1 Å². The molecular formula is C24H45N3O3. The van der Waals surface area contributed by atoms with Gasteiger partial charge in [0.25, 0.3) is 0 Å². The molecule has 0 aromatic heterocycles. The highest BCUT2D eigenvalue weighted by molar-refractivity contribution is 5.15. The molecule has 8 atom stereocenters. The molecule has 0 amide bonds.